The quantitative estimate of drug-likeness (QED) is 0.836. The maximum atomic E-state index is 9.49. The van der Waals surface area contributed by atoms with Gasteiger partial charge >= 0.3 is 0 Å². The lowest BCUT2D eigenvalue weighted by Crippen LogP contribution is -2.50. The second-order valence-electron chi connectivity index (χ2n) is 8.47. The van der Waals surface area contributed by atoms with Crippen LogP contribution in [0.1, 0.15) is 65.7 Å². The molecule has 3 heteroatoms. The Bertz CT molecular complexity index is 383. The van der Waals surface area contributed by atoms with Crippen LogP contribution >= 0.6 is 0 Å². The summed E-state index contributed by atoms with van der Waals surface area (Å²) < 4.78 is 6.53. The highest BCUT2D eigenvalue weighted by Gasteiger charge is 2.62. The largest absolute Gasteiger partial charge is 0.394 e. The Morgan fingerprint density at radius 1 is 1.20 bits per heavy atom. The van der Waals surface area contributed by atoms with Gasteiger partial charge in [-0.2, -0.15) is 0 Å². The van der Waals surface area contributed by atoms with E-state index in [-0.39, 0.29) is 12.7 Å². The van der Waals surface area contributed by atoms with E-state index < -0.39 is 5.54 Å². The number of ether oxygens (including phenoxy) is 1. The van der Waals surface area contributed by atoms with Crippen LogP contribution in [-0.2, 0) is 4.74 Å². The molecule has 3 aliphatic carbocycles. The zero-order valence-corrected chi connectivity index (χ0v) is 13.3. The van der Waals surface area contributed by atoms with Gasteiger partial charge in [0.2, 0.25) is 0 Å². The van der Waals surface area contributed by atoms with Crippen molar-refractivity contribution in [3.63, 3.8) is 0 Å². The first-order valence-corrected chi connectivity index (χ1v) is 8.36. The highest BCUT2D eigenvalue weighted by atomic mass is 16.5. The van der Waals surface area contributed by atoms with E-state index in [1.54, 1.807) is 0 Å². The van der Waals surface area contributed by atoms with Crippen molar-refractivity contribution < 1.29 is 9.84 Å². The smallest absolute Gasteiger partial charge is 0.0640 e. The van der Waals surface area contributed by atoms with Crippen molar-refractivity contribution in [1.82, 2.24) is 0 Å². The second-order valence-corrected chi connectivity index (χ2v) is 8.47. The maximum absolute atomic E-state index is 9.49. The molecule has 0 heterocycles. The van der Waals surface area contributed by atoms with E-state index in [1.165, 1.54) is 19.3 Å². The van der Waals surface area contributed by atoms with Crippen molar-refractivity contribution in [2.24, 2.45) is 22.5 Å². The van der Waals surface area contributed by atoms with Crippen LogP contribution in [0.3, 0.4) is 0 Å². The SMILES string of the molecule is CC1(C)C2CCC1(C)C(OC1CCCC(N)(CO)C1)C2. The molecular weight excluding hydrogens is 250 g/mol. The summed E-state index contributed by atoms with van der Waals surface area (Å²) >= 11 is 0. The molecule has 3 fully saturated rings. The number of hydrogen-bond acceptors (Lipinski definition) is 3. The molecule has 0 spiro atoms. The summed E-state index contributed by atoms with van der Waals surface area (Å²) in [4.78, 5) is 0. The predicted molar refractivity (Wildman–Crippen MR) is 80.4 cm³/mol. The van der Waals surface area contributed by atoms with Gasteiger partial charge in [-0.3, -0.25) is 0 Å². The Morgan fingerprint density at radius 2 is 1.95 bits per heavy atom. The normalized spacial score (nSPS) is 50.5. The van der Waals surface area contributed by atoms with Crippen molar-refractivity contribution in [3.8, 4) is 0 Å². The molecule has 20 heavy (non-hydrogen) atoms. The summed E-state index contributed by atoms with van der Waals surface area (Å²) in [5.74, 6) is 0.821. The van der Waals surface area contributed by atoms with Gasteiger partial charge in [0.15, 0.2) is 0 Å². The first-order valence-electron chi connectivity index (χ1n) is 8.36. The maximum Gasteiger partial charge on any atom is 0.0640 e. The first kappa shape index (κ1) is 14.8. The number of aliphatic hydroxyl groups excluding tert-OH is 1. The standard InChI is InChI=1S/C17H31NO2/c1-15(2)12-6-8-16(15,3)14(9-12)20-13-5-4-7-17(18,10-13)11-19/h12-14,19H,4-11,18H2,1-3H3. The van der Waals surface area contributed by atoms with Crippen molar-refractivity contribution in [1.29, 1.82) is 0 Å². The molecule has 3 aliphatic rings. The minimum atomic E-state index is -0.406. The van der Waals surface area contributed by atoms with Crippen LogP contribution in [-0.4, -0.2) is 29.5 Å². The molecule has 5 atom stereocenters. The van der Waals surface area contributed by atoms with Gasteiger partial charge in [0.05, 0.1) is 18.8 Å². The van der Waals surface area contributed by atoms with Gasteiger partial charge in [-0.25, -0.2) is 0 Å². The third-order valence-corrected chi connectivity index (χ3v) is 7.22. The molecule has 0 amide bonds. The van der Waals surface area contributed by atoms with Crippen molar-refractivity contribution in [2.45, 2.75) is 83.5 Å². The van der Waals surface area contributed by atoms with E-state index in [4.69, 9.17) is 10.5 Å². The number of fused-ring (bicyclic) bond motifs is 2. The van der Waals surface area contributed by atoms with Crippen molar-refractivity contribution in [3.05, 3.63) is 0 Å². The van der Waals surface area contributed by atoms with E-state index in [0.717, 1.165) is 31.6 Å². The van der Waals surface area contributed by atoms with Crippen molar-refractivity contribution in [2.75, 3.05) is 6.61 Å². The van der Waals surface area contributed by atoms with E-state index in [2.05, 4.69) is 20.8 Å². The fraction of sp³-hybridized carbons (Fsp3) is 1.00. The molecule has 3 saturated carbocycles. The predicted octanol–water partition coefficient (Wildman–Crippen LogP) is 2.85. The number of hydrogen-bond donors (Lipinski definition) is 2. The Morgan fingerprint density at radius 3 is 2.50 bits per heavy atom. The number of nitrogens with two attached hydrogens (primary N) is 1. The van der Waals surface area contributed by atoms with Gasteiger partial charge in [-0.15, -0.1) is 0 Å². The van der Waals surface area contributed by atoms with Gasteiger partial charge in [-0.05, 0) is 61.7 Å². The third kappa shape index (κ3) is 2.05. The van der Waals surface area contributed by atoms with Gasteiger partial charge in [0.1, 0.15) is 0 Å². The average Bonchev–Trinajstić information content (AvgIpc) is 2.72. The molecule has 0 aromatic rings. The van der Waals surface area contributed by atoms with E-state index >= 15 is 0 Å². The zero-order chi connectivity index (χ0) is 14.6. The molecule has 3 rings (SSSR count). The molecule has 116 valence electrons. The summed E-state index contributed by atoms with van der Waals surface area (Å²) in [6.07, 6.45) is 8.47. The molecule has 3 N–H and O–H groups in total. The molecule has 0 aromatic carbocycles. The minimum Gasteiger partial charge on any atom is -0.394 e. The Hall–Kier alpha value is -0.120. The Kier molecular flexibility index (Phi) is 3.47. The highest BCUT2D eigenvalue weighted by molar-refractivity contribution is 5.11. The molecule has 2 bridgehead atoms. The summed E-state index contributed by atoms with van der Waals surface area (Å²) in [5.41, 5.74) is 6.58. The molecule has 5 unspecified atom stereocenters. The average molecular weight is 281 g/mol. The van der Waals surface area contributed by atoms with E-state index in [9.17, 15) is 5.11 Å². The van der Waals surface area contributed by atoms with E-state index in [1.807, 2.05) is 0 Å². The van der Waals surface area contributed by atoms with Gasteiger partial charge in [0.25, 0.3) is 0 Å². The fourth-order valence-electron chi connectivity index (χ4n) is 5.17. The highest BCUT2D eigenvalue weighted by Crippen LogP contribution is 2.66. The van der Waals surface area contributed by atoms with Crippen LogP contribution in [0.25, 0.3) is 0 Å². The van der Waals surface area contributed by atoms with Crippen LogP contribution in [0.2, 0.25) is 0 Å². The molecule has 3 nitrogen and oxygen atoms in total. The lowest BCUT2D eigenvalue weighted by molar-refractivity contribution is -0.107. The van der Waals surface area contributed by atoms with Crippen LogP contribution in [0.15, 0.2) is 0 Å². The van der Waals surface area contributed by atoms with Gasteiger partial charge < -0.3 is 15.6 Å². The molecule has 0 aromatic heterocycles. The lowest BCUT2D eigenvalue weighted by Gasteiger charge is -2.43. The fourth-order valence-corrected chi connectivity index (χ4v) is 5.17. The number of rotatable bonds is 3. The number of aliphatic hydroxyl groups is 1. The molecule has 0 radical (unpaired) electrons. The van der Waals surface area contributed by atoms with Gasteiger partial charge in [-0.1, -0.05) is 20.8 Å². The molecule has 0 saturated heterocycles. The minimum absolute atomic E-state index is 0.0862. The lowest BCUT2D eigenvalue weighted by atomic mass is 9.70. The second kappa shape index (κ2) is 4.69. The topological polar surface area (TPSA) is 55.5 Å². The zero-order valence-electron chi connectivity index (χ0n) is 13.3. The summed E-state index contributed by atoms with van der Waals surface area (Å²) in [7, 11) is 0. The monoisotopic (exact) mass is 281 g/mol. The molecule has 0 aliphatic heterocycles. The third-order valence-electron chi connectivity index (χ3n) is 7.22. The summed E-state index contributed by atoms with van der Waals surface area (Å²) in [6.45, 7) is 7.36. The van der Waals surface area contributed by atoms with Crippen LogP contribution in [0.5, 0.6) is 0 Å². The van der Waals surface area contributed by atoms with Crippen LogP contribution < -0.4 is 5.73 Å². The Labute approximate surface area is 123 Å². The van der Waals surface area contributed by atoms with E-state index in [0.29, 0.717) is 16.9 Å². The van der Waals surface area contributed by atoms with Gasteiger partial charge in [0, 0.05) is 5.54 Å². The van der Waals surface area contributed by atoms with Crippen molar-refractivity contribution >= 4 is 0 Å². The summed E-state index contributed by atoms with van der Waals surface area (Å²) in [5, 5.41) is 9.49. The summed E-state index contributed by atoms with van der Waals surface area (Å²) in [6, 6.07) is 0. The van der Waals surface area contributed by atoms with Crippen LogP contribution in [0.4, 0.5) is 0 Å². The molecular formula is C17H31NO2. The Balaban J connectivity index is 1.68. The van der Waals surface area contributed by atoms with Crippen LogP contribution in [0, 0.1) is 16.7 Å². The first-order chi connectivity index (χ1) is 9.31.